The monoisotopic (exact) mass is 256 g/mol. The second-order valence-electron chi connectivity index (χ2n) is 3.93. The molecule has 96 valence electrons. The Morgan fingerprint density at radius 2 is 2.11 bits per heavy atom. The molecule has 1 aromatic carbocycles. The highest BCUT2D eigenvalue weighted by atomic mass is 16.4. The fraction of sp³-hybridized carbons (Fsp3) is 0.143. The summed E-state index contributed by atoms with van der Waals surface area (Å²) in [4.78, 5) is 11.8. The van der Waals surface area contributed by atoms with Crippen molar-refractivity contribution in [1.29, 1.82) is 5.26 Å². The molecule has 0 radical (unpaired) electrons. The highest BCUT2D eigenvalue weighted by Gasteiger charge is 2.12. The number of nitrogens with one attached hydrogen (secondary N) is 1. The maximum Gasteiger partial charge on any atom is 0.251 e. The van der Waals surface area contributed by atoms with E-state index in [4.69, 9.17) is 9.68 Å². The lowest BCUT2D eigenvalue weighted by atomic mass is 10.1. The fourth-order valence-electron chi connectivity index (χ4n) is 1.57. The smallest absolute Gasteiger partial charge is 0.251 e. The number of carbonyl (C=O) groups excluding carboxylic acids is 1. The number of benzene rings is 1. The number of amides is 1. The van der Waals surface area contributed by atoms with E-state index in [1.165, 1.54) is 6.26 Å². The summed E-state index contributed by atoms with van der Waals surface area (Å²) < 4.78 is 5.03. The van der Waals surface area contributed by atoms with Gasteiger partial charge in [0.2, 0.25) is 0 Å². The predicted molar refractivity (Wildman–Crippen MR) is 67.2 cm³/mol. The number of hydrogen-bond donors (Lipinski definition) is 2. The zero-order chi connectivity index (χ0) is 13.7. The zero-order valence-electron chi connectivity index (χ0n) is 10.0. The molecule has 0 aliphatic rings. The summed E-state index contributed by atoms with van der Waals surface area (Å²) in [6.45, 7) is 0.0619. The lowest BCUT2D eigenvalue weighted by Crippen LogP contribution is -2.28. The highest BCUT2D eigenvalue weighted by molar-refractivity contribution is 5.94. The number of nitrogens with zero attached hydrogens (tertiary/aromatic N) is 1. The van der Waals surface area contributed by atoms with Gasteiger partial charge in [-0.15, -0.1) is 0 Å². The predicted octanol–water partition coefficient (Wildman–Crippen LogP) is 1.61. The number of rotatable bonds is 4. The van der Waals surface area contributed by atoms with Crippen molar-refractivity contribution in [3.8, 4) is 6.07 Å². The topological polar surface area (TPSA) is 86.3 Å². The van der Waals surface area contributed by atoms with Crippen LogP contribution in [-0.4, -0.2) is 17.6 Å². The Labute approximate surface area is 110 Å². The molecule has 1 heterocycles. The lowest BCUT2D eigenvalue weighted by molar-refractivity contribution is 0.0901. The van der Waals surface area contributed by atoms with Crippen LogP contribution in [0.2, 0.25) is 0 Å². The van der Waals surface area contributed by atoms with Gasteiger partial charge in [0.1, 0.15) is 11.9 Å². The number of aliphatic hydroxyl groups is 1. The number of carbonyl (C=O) groups is 1. The van der Waals surface area contributed by atoms with Crippen LogP contribution in [0, 0.1) is 11.3 Å². The molecule has 2 aromatic rings. The first-order chi connectivity index (χ1) is 9.20. The Hall–Kier alpha value is -2.58. The molecule has 0 aliphatic carbocycles. The largest absolute Gasteiger partial charge is 0.467 e. The Kier molecular flexibility index (Phi) is 3.96. The average Bonchev–Trinajstić information content (AvgIpc) is 2.98. The molecule has 2 N–H and O–H groups in total. The van der Waals surface area contributed by atoms with E-state index in [9.17, 15) is 9.90 Å². The highest BCUT2D eigenvalue weighted by Crippen LogP contribution is 2.12. The summed E-state index contributed by atoms with van der Waals surface area (Å²) in [7, 11) is 0. The van der Waals surface area contributed by atoms with Crippen molar-refractivity contribution in [2.75, 3.05) is 6.54 Å². The number of aliphatic hydroxyl groups excluding tert-OH is 1. The molecule has 0 aliphatic heterocycles. The molecule has 0 bridgehead atoms. The van der Waals surface area contributed by atoms with Gasteiger partial charge in [-0.05, 0) is 36.4 Å². The van der Waals surface area contributed by atoms with Crippen LogP contribution >= 0.6 is 0 Å². The third-order valence-corrected chi connectivity index (χ3v) is 2.60. The van der Waals surface area contributed by atoms with Gasteiger partial charge >= 0.3 is 0 Å². The number of furan rings is 1. The van der Waals surface area contributed by atoms with E-state index in [2.05, 4.69) is 5.32 Å². The molecule has 1 atom stereocenters. The third-order valence-electron chi connectivity index (χ3n) is 2.60. The molecule has 5 nitrogen and oxygen atoms in total. The van der Waals surface area contributed by atoms with Crippen molar-refractivity contribution in [3.05, 3.63) is 59.5 Å². The van der Waals surface area contributed by atoms with E-state index >= 15 is 0 Å². The molecule has 0 fully saturated rings. The second kappa shape index (κ2) is 5.85. The van der Waals surface area contributed by atoms with Gasteiger partial charge in [0.05, 0.1) is 24.4 Å². The minimum absolute atomic E-state index is 0.0619. The summed E-state index contributed by atoms with van der Waals surface area (Å²) in [5, 5.41) is 21.0. The van der Waals surface area contributed by atoms with Gasteiger partial charge in [-0.2, -0.15) is 5.26 Å². The van der Waals surface area contributed by atoms with Crippen LogP contribution in [-0.2, 0) is 0 Å². The molecule has 1 amide bonds. The maximum absolute atomic E-state index is 11.8. The molecular formula is C14H12N2O3. The third kappa shape index (κ3) is 3.21. The Morgan fingerprint density at radius 1 is 1.37 bits per heavy atom. The van der Waals surface area contributed by atoms with Crippen molar-refractivity contribution in [1.82, 2.24) is 5.32 Å². The Balaban J connectivity index is 1.92. The van der Waals surface area contributed by atoms with Gasteiger partial charge < -0.3 is 14.8 Å². The SMILES string of the molecule is N#Cc1ccc(C(=O)NCC(O)c2ccco2)cc1. The molecule has 1 aromatic heterocycles. The van der Waals surface area contributed by atoms with Crippen LogP contribution in [0.4, 0.5) is 0 Å². The summed E-state index contributed by atoms with van der Waals surface area (Å²) in [6.07, 6.45) is 0.582. The van der Waals surface area contributed by atoms with Gasteiger partial charge in [0.15, 0.2) is 0 Å². The van der Waals surface area contributed by atoms with Gasteiger partial charge in [0, 0.05) is 5.56 Å². The molecule has 1 unspecified atom stereocenters. The first kappa shape index (κ1) is 12.9. The van der Waals surface area contributed by atoms with E-state index < -0.39 is 6.10 Å². The van der Waals surface area contributed by atoms with Crippen LogP contribution in [0.5, 0.6) is 0 Å². The van der Waals surface area contributed by atoms with Crippen molar-refractivity contribution < 1.29 is 14.3 Å². The molecular weight excluding hydrogens is 244 g/mol. The zero-order valence-corrected chi connectivity index (χ0v) is 10.0. The fourth-order valence-corrected chi connectivity index (χ4v) is 1.57. The maximum atomic E-state index is 11.8. The van der Waals surface area contributed by atoms with E-state index in [-0.39, 0.29) is 12.5 Å². The standard InChI is InChI=1S/C14H12N2O3/c15-8-10-3-5-11(6-4-10)14(18)16-9-12(17)13-2-1-7-19-13/h1-7,12,17H,9H2,(H,16,18). The molecule has 5 heteroatoms. The Morgan fingerprint density at radius 3 is 2.68 bits per heavy atom. The van der Waals surface area contributed by atoms with Crippen LogP contribution in [0.3, 0.4) is 0 Å². The molecule has 0 spiro atoms. The summed E-state index contributed by atoms with van der Waals surface area (Å²) in [6, 6.07) is 11.5. The van der Waals surface area contributed by atoms with Crippen molar-refractivity contribution in [2.24, 2.45) is 0 Å². The van der Waals surface area contributed by atoms with E-state index in [1.54, 1.807) is 36.4 Å². The first-order valence-electron chi connectivity index (χ1n) is 5.70. The van der Waals surface area contributed by atoms with E-state index in [0.717, 1.165) is 0 Å². The van der Waals surface area contributed by atoms with Gasteiger partial charge in [-0.25, -0.2) is 0 Å². The quantitative estimate of drug-likeness (QED) is 0.870. The normalized spacial score (nSPS) is 11.6. The summed E-state index contributed by atoms with van der Waals surface area (Å²) in [5.41, 5.74) is 0.929. The van der Waals surface area contributed by atoms with E-state index in [1.807, 2.05) is 6.07 Å². The number of nitriles is 1. The second-order valence-corrected chi connectivity index (χ2v) is 3.93. The molecule has 0 saturated heterocycles. The molecule has 19 heavy (non-hydrogen) atoms. The minimum atomic E-state index is -0.877. The van der Waals surface area contributed by atoms with Gasteiger partial charge in [-0.3, -0.25) is 4.79 Å². The van der Waals surface area contributed by atoms with E-state index in [0.29, 0.717) is 16.9 Å². The Bertz CT molecular complexity index is 582. The van der Waals surface area contributed by atoms with Crippen molar-refractivity contribution >= 4 is 5.91 Å². The van der Waals surface area contributed by atoms with Gasteiger partial charge in [-0.1, -0.05) is 0 Å². The van der Waals surface area contributed by atoms with Crippen LogP contribution in [0.15, 0.2) is 47.1 Å². The van der Waals surface area contributed by atoms with Crippen LogP contribution in [0.25, 0.3) is 0 Å². The van der Waals surface area contributed by atoms with Crippen molar-refractivity contribution in [2.45, 2.75) is 6.10 Å². The van der Waals surface area contributed by atoms with Crippen LogP contribution in [0.1, 0.15) is 27.8 Å². The minimum Gasteiger partial charge on any atom is -0.467 e. The molecule has 0 saturated carbocycles. The van der Waals surface area contributed by atoms with Crippen LogP contribution < -0.4 is 5.32 Å². The lowest BCUT2D eigenvalue weighted by Gasteiger charge is -2.09. The average molecular weight is 256 g/mol. The summed E-state index contributed by atoms with van der Waals surface area (Å²) >= 11 is 0. The van der Waals surface area contributed by atoms with Gasteiger partial charge in [0.25, 0.3) is 5.91 Å². The molecule has 2 rings (SSSR count). The first-order valence-corrected chi connectivity index (χ1v) is 5.70. The summed E-state index contributed by atoms with van der Waals surface area (Å²) in [5.74, 6) is 0.0928. The number of hydrogen-bond acceptors (Lipinski definition) is 4. The van der Waals surface area contributed by atoms with Crippen molar-refractivity contribution in [3.63, 3.8) is 0 Å².